The number of benzene rings is 2. The number of para-hydroxylation sites is 2. The normalized spacial score (nSPS) is 14.0. The largest absolute Gasteiger partial charge is 0.366 e. The van der Waals surface area contributed by atoms with Crippen molar-refractivity contribution in [3.8, 4) is 0 Å². The van der Waals surface area contributed by atoms with E-state index in [-0.39, 0.29) is 17.4 Å². The highest BCUT2D eigenvalue weighted by Gasteiger charge is 2.25. The van der Waals surface area contributed by atoms with Crippen LogP contribution in [0.2, 0.25) is 0 Å². The number of aryl methyl sites for hydroxylation is 1. The van der Waals surface area contributed by atoms with Crippen molar-refractivity contribution in [2.75, 3.05) is 41.3 Å². The van der Waals surface area contributed by atoms with Crippen LogP contribution in [0.25, 0.3) is 10.2 Å². The number of rotatable bonds is 4. The van der Waals surface area contributed by atoms with Gasteiger partial charge in [-0.25, -0.2) is 18.7 Å². The number of aromatic nitrogens is 2. The number of anilines is 3. The maximum absolute atomic E-state index is 14.2. The van der Waals surface area contributed by atoms with Gasteiger partial charge < -0.3 is 15.1 Å². The molecule has 1 aliphatic rings. The van der Waals surface area contributed by atoms with E-state index in [2.05, 4.69) is 20.2 Å². The van der Waals surface area contributed by atoms with Gasteiger partial charge in [0.15, 0.2) is 0 Å². The highest BCUT2D eigenvalue weighted by Crippen LogP contribution is 2.36. The molecule has 0 atom stereocenters. The van der Waals surface area contributed by atoms with Crippen molar-refractivity contribution in [3.05, 3.63) is 76.9 Å². The van der Waals surface area contributed by atoms with Crippen molar-refractivity contribution in [1.29, 1.82) is 0 Å². The zero-order valence-corrected chi connectivity index (χ0v) is 18.7. The minimum atomic E-state index is -0.488. The number of hydrogen-bond donors (Lipinski definition) is 1. The highest BCUT2D eigenvalue weighted by atomic mass is 32.1. The molecular weight excluding hydrogens is 444 g/mol. The van der Waals surface area contributed by atoms with Gasteiger partial charge >= 0.3 is 0 Å². The van der Waals surface area contributed by atoms with Gasteiger partial charge in [-0.05, 0) is 36.8 Å². The maximum Gasteiger partial charge on any atom is 0.266 e. The topological polar surface area (TPSA) is 61.4 Å². The Kier molecular flexibility index (Phi) is 5.63. The van der Waals surface area contributed by atoms with Crippen molar-refractivity contribution in [2.24, 2.45) is 0 Å². The average molecular weight is 466 g/mol. The van der Waals surface area contributed by atoms with Gasteiger partial charge in [-0.2, -0.15) is 0 Å². The Morgan fingerprint density at radius 1 is 0.939 bits per heavy atom. The SMILES string of the molecule is Cc1c(C(=O)Nc2ccccc2F)sc2ncnc(N3CCN(c4ccccc4F)CC3)c12. The molecule has 5 rings (SSSR count). The van der Waals surface area contributed by atoms with E-state index in [0.717, 1.165) is 16.8 Å². The minimum Gasteiger partial charge on any atom is -0.366 e. The summed E-state index contributed by atoms with van der Waals surface area (Å²) in [5.74, 6) is -0.338. The molecule has 1 saturated heterocycles. The third kappa shape index (κ3) is 4.00. The molecular formula is C24H21F2N5OS. The van der Waals surface area contributed by atoms with Crippen LogP contribution in [0.15, 0.2) is 54.9 Å². The molecule has 3 heterocycles. The Labute approximate surface area is 193 Å². The molecule has 168 valence electrons. The fourth-order valence-corrected chi connectivity index (χ4v) is 5.16. The summed E-state index contributed by atoms with van der Waals surface area (Å²) in [5.41, 5.74) is 1.50. The van der Waals surface area contributed by atoms with Crippen LogP contribution >= 0.6 is 11.3 Å². The molecule has 1 amide bonds. The maximum atomic E-state index is 14.2. The monoisotopic (exact) mass is 465 g/mol. The first-order chi connectivity index (χ1) is 16.0. The Bertz CT molecular complexity index is 1330. The number of piperazine rings is 1. The van der Waals surface area contributed by atoms with E-state index in [0.29, 0.717) is 41.6 Å². The van der Waals surface area contributed by atoms with Crippen molar-refractivity contribution in [2.45, 2.75) is 6.92 Å². The number of nitrogens with one attached hydrogen (secondary N) is 1. The van der Waals surface area contributed by atoms with Crippen LogP contribution in [0.4, 0.5) is 26.0 Å². The first kappa shape index (κ1) is 21.3. The molecule has 9 heteroatoms. The van der Waals surface area contributed by atoms with Crippen LogP contribution in [0.3, 0.4) is 0 Å². The number of hydrogen-bond acceptors (Lipinski definition) is 6. The van der Waals surface area contributed by atoms with Crippen LogP contribution < -0.4 is 15.1 Å². The second kappa shape index (κ2) is 8.74. The summed E-state index contributed by atoms with van der Waals surface area (Å²) in [6, 6.07) is 12.8. The summed E-state index contributed by atoms with van der Waals surface area (Å²) >= 11 is 1.26. The van der Waals surface area contributed by atoms with Crippen LogP contribution in [0.5, 0.6) is 0 Å². The van der Waals surface area contributed by atoms with E-state index < -0.39 is 5.82 Å². The molecule has 4 aromatic rings. The van der Waals surface area contributed by atoms with Crippen molar-refractivity contribution in [3.63, 3.8) is 0 Å². The predicted octanol–water partition coefficient (Wildman–Crippen LogP) is 4.86. The van der Waals surface area contributed by atoms with E-state index in [4.69, 9.17) is 0 Å². The van der Waals surface area contributed by atoms with Gasteiger partial charge in [-0.15, -0.1) is 11.3 Å². The Balaban J connectivity index is 1.40. The van der Waals surface area contributed by atoms with Crippen LogP contribution in [-0.4, -0.2) is 42.1 Å². The van der Waals surface area contributed by atoms with E-state index in [1.54, 1.807) is 24.3 Å². The standard InChI is InChI=1S/C24H21F2N5OS/c1-15-20-22(31-12-10-30(11-13-31)19-9-5-3-7-17(19)26)27-14-28-24(20)33-21(15)23(32)29-18-8-4-2-6-16(18)25/h2-9,14H,10-13H2,1H3,(H,29,32). The van der Waals surface area contributed by atoms with Crippen molar-refractivity contribution >= 4 is 44.7 Å². The molecule has 0 saturated carbocycles. The van der Waals surface area contributed by atoms with E-state index in [9.17, 15) is 13.6 Å². The molecule has 1 N–H and O–H groups in total. The zero-order valence-electron chi connectivity index (χ0n) is 17.9. The molecule has 1 aliphatic heterocycles. The van der Waals surface area contributed by atoms with Crippen LogP contribution in [0.1, 0.15) is 15.2 Å². The summed E-state index contributed by atoms with van der Waals surface area (Å²) in [6.07, 6.45) is 1.50. The summed E-state index contributed by atoms with van der Waals surface area (Å²) < 4.78 is 28.2. The van der Waals surface area contributed by atoms with Gasteiger partial charge in [0.05, 0.1) is 21.6 Å². The lowest BCUT2D eigenvalue weighted by molar-refractivity contribution is 0.102. The Hall–Kier alpha value is -3.59. The third-order valence-corrected chi connectivity index (χ3v) is 7.01. The van der Waals surface area contributed by atoms with E-state index in [1.165, 1.54) is 35.9 Å². The molecule has 0 unspecified atom stereocenters. The third-order valence-electron chi connectivity index (χ3n) is 5.81. The molecule has 0 bridgehead atoms. The van der Waals surface area contributed by atoms with E-state index in [1.807, 2.05) is 17.9 Å². The van der Waals surface area contributed by atoms with Gasteiger partial charge in [0.25, 0.3) is 5.91 Å². The summed E-state index contributed by atoms with van der Waals surface area (Å²) in [4.78, 5) is 27.1. The fourth-order valence-electron chi connectivity index (χ4n) is 4.12. The lowest BCUT2D eigenvalue weighted by Crippen LogP contribution is -2.47. The summed E-state index contributed by atoms with van der Waals surface area (Å²) in [5, 5.41) is 3.47. The first-order valence-electron chi connectivity index (χ1n) is 10.6. The Morgan fingerprint density at radius 3 is 2.33 bits per heavy atom. The molecule has 0 radical (unpaired) electrons. The smallest absolute Gasteiger partial charge is 0.266 e. The number of fused-ring (bicyclic) bond motifs is 1. The van der Waals surface area contributed by atoms with Crippen molar-refractivity contribution < 1.29 is 13.6 Å². The summed E-state index contributed by atoms with van der Waals surface area (Å²) in [6.45, 7) is 4.48. The average Bonchev–Trinajstić information content (AvgIpc) is 3.18. The van der Waals surface area contributed by atoms with Gasteiger partial charge in [-0.1, -0.05) is 24.3 Å². The second-order valence-electron chi connectivity index (χ2n) is 7.79. The quantitative estimate of drug-likeness (QED) is 0.467. The number of nitrogens with zero attached hydrogens (tertiary/aromatic N) is 4. The van der Waals surface area contributed by atoms with Gasteiger partial charge in [0, 0.05) is 26.2 Å². The minimum absolute atomic E-state index is 0.134. The number of halogens is 2. The van der Waals surface area contributed by atoms with Crippen molar-refractivity contribution in [1.82, 2.24) is 9.97 Å². The Morgan fingerprint density at radius 2 is 1.61 bits per heavy atom. The molecule has 33 heavy (non-hydrogen) atoms. The van der Waals surface area contributed by atoms with Gasteiger partial charge in [0.2, 0.25) is 0 Å². The lowest BCUT2D eigenvalue weighted by Gasteiger charge is -2.37. The molecule has 2 aromatic carbocycles. The molecule has 1 fully saturated rings. The number of amides is 1. The van der Waals surface area contributed by atoms with Crippen LogP contribution in [-0.2, 0) is 0 Å². The number of thiophene rings is 1. The first-order valence-corrected chi connectivity index (χ1v) is 11.4. The number of carbonyl (C=O) groups excluding carboxylic acids is 1. The summed E-state index contributed by atoms with van der Waals surface area (Å²) in [7, 11) is 0. The molecule has 0 aliphatic carbocycles. The molecule has 6 nitrogen and oxygen atoms in total. The van der Waals surface area contributed by atoms with Gasteiger partial charge in [0.1, 0.15) is 28.6 Å². The fraction of sp³-hybridized carbons (Fsp3) is 0.208. The van der Waals surface area contributed by atoms with Crippen LogP contribution in [0, 0.1) is 18.6 Å². The highest BCUT2D eigenvalue weighted by molar-refractivity contribution is 7.20. The zero-order chi connectivity index (χ0) is 22.9. The molecule has 0 spiro atoms. The van der Waals surface area contributed by atoms with Gasteiger partial charge in [-0.3, -0.25) is 4.79 Å². The molecule has 2 aromatic heterocycles. The second-order valence-corrected chi connectivity index (χ2v) is 8.79. The lowest BCUT2D eigenvalue weighted by atomic mass is 10.1. The van der Waals surface area contributed by atoms with E-state index >= 15 is 0 Å². The number of carbonyl (C=O) groups is 1. The predicted molar refractivity (Wildman–Crippen MR) is 127 cm³/mol.